The van der Waals surface area contributed by atoms with Gasteiger partial charge in [0.25, 0.3) is 0 Å². The molecule has 15 heteroatoms. The average Bonchev–Trinajstić information content (AvgIpc) is 3.35. The van der Waals surface area contributed by atoms with Gasteiger partial charge in [0.2, 0.25) is 0 Å². The molecule has 46 heavy (non-hydrogen) atoms. The minimum Gasteiger partial charge on any atom is -0.462 e. The topological polar surface area (TPSA) is 116 Å². The SMILES string of the molecule is CCN1CC/C(=C\F)[C@](C)(COc2nc(N3C[C@H]4CC[C@@H](C3)N4)c3cnc(-c4c(C#N)c(N)cc(Cl)c4C(F)(F)F)c(F)c3n2)C1. The zero-order chi connectivity index (χ0) is 33.0. The zero-order valence-corrected chi connectivity index (χ0v) is 25.9. The number of nitrogens with one attached hydrogen (secondary N) is 1. The zero-order valence-electron chi connectivity index (χ0n) is 25.2. The molecule has 0 aliphatic carbocycles. The molecule has 0 radical (unpaired) electrons. The van der Waals surface area contributed by atoms with Crippen LogP contribution in [0, 0.1) is 22.6 Å². The van der Waals surface area contributed by atoms with Gasteiger partial charge in [-0.3, -0.25) is 4.98 Å². The molecule has 3 atom stereocenters. The van der Waals surface area contributed by atoms with Crippen molar-refractivity contribution in [1.82, 2.24) is 25.2 Å². The summed E-state index contributed by atoms with van der Waals surface area (Å²) in [6, 6.07) is 2.57. The summed E-state index contributed by atoms with van der Waals surface area (Å²) in [5.41, 5.74) is 1.26. The van der Waals surface area contributed by atoms with Crippen LogP contribution in [0.1, 0.15) is 44.2 Å². The number of hydrogen-bond donors (Lipinski definition) is 2. The first-order chi connectivity index (χ1) is 21.9. The lowest BCUT2D eigenvalue weighted by atomic mass is 9.78. The van der Waals surface area contributed by atoms with Gasteiger partial charge >= 0.3 is 12.2 Å². The number of alkyl halides is 3. The van der Waals surface area contributed by atoms with Crippen molar-refractivity contribution in [2.24, 2.45) is 5.41 Å². The minimum absolute atomic E-state index is 0.0296. The number of nitriles is 1. The number of rotatable bonds is 6. The number of nitrogens with two attached hydrogens (primary N) is 1. The maximum Gasteiger partial charge on any atom is 0.418 e. The van der Waals surface area contributed by atoms with E-state index in [0.29, 0.717) is 50.3 Å². The van der Waals surface area contributed by atoms with Crippen LogP contribution >= 0.6 is 11.6 Å². The summed E-state index contributed by atoms with van der Waals surface area (Å²) in [7, 11) is 0. The fraction of sp³-hybridized carbons (Fsp3) is 0.484. The highest BCUT2D eigenvalue weighted by Gasteiger charge is 2.41. The monoisotopic (exact) mass is 662 g/mol. The third-order valence-electron chi connectivity index (χ3n) is 9.25. The molecular formula is C31H32ClF5N8O. The fourth-order valence-electron chi connectivity index (χ4n) is 6.85. The number of fused-ring (bicyclic) bond motifs is 3. The number of anilines is 2. The number of nitrogens with zero attached hydrogens (tertiary/aromatic N) is 6. The molecule has 3 aliphatic heterocycles. The molecular weight excluding hydrogens is 631 g/mol. The standard InChI is InChI=1S/C31H32ClF5N8O/c1-3-44-7-6-16(9-33)30(2,14-44)15-46-29-42-26-20(28(43-29)45-12-17-4-5-18(13-45)41-17)11-40-27(25(26)34)23-19(10-38)22(39)8-21(32)24(23)31(35,36)37/h8-9,11,17-18,41H,3-7,12-15,39H2,1-2H3/b16-9+/t17-,18+,30-/m0/s1. The van der Waals surface area contributed by atoms with E-state index in [-0.39, 0.29) is 41.3 Å². The van der Waals surface area contributed by atoms with Crippen molar-refractivity contribution in [2.45, 2.75) is 51.4 Å². The van der Waals surface area contributed by atoms with E-state index in [2.05, 4.69) is 25.2 Å². The molecule has 6 rings (SSSR count). The van der Waals surface area contributed by atoms with Crippen molar-refractivity contribution in [3.63, 3.8) is 0 Å². The van der Waals surface area contributed by atoms with Crippen molar-refractivity contribution in [1.29, 1.82) is 5.26 Å². The molecule has 3 aliphatic rings. The lowest BCUT2D eigenvalue weighted by Gasteiger charge is -2.41. The molecule has 2 bridgehead atoms. The van der Waals surface area contributed by atoms with E-state index in [1.54, 1.807) is 6.07 Å². The number of hydrogen-bond acceptors (Lipinski definition) is 9. The summed E-state index contributed by atoms with van der Waals surface area (Å²) in [5, 5.41) is 12.6. The summed E-state index contributed by atoms with van der Waals surface area (Å²) < 4.78 is 79.5. The Balaban J connectivity index is 1.51. The van der Waals surface area contributed by atoms with Gasteiger partial charge in [0.05, 0.1) is 33.6 Å². The van der Waals surface area contributed by atoms with Crippen LogP contribution in [-0.4, -0.2) is 71.3 Å². The predicted octanol–water partition coefficient (Wildman–Crippen LogP) is 5.86. The van der Waals surface area contributed by atoms with Crippen LogP contribution in [0.3, 0.4) is 0 Å². The molecule has 2 aromatic heterocycles. The Kier molecular flexibility index (Phi) is 8.45. The Morgan fingerprint density at radius 1 is 1.26 bits per heavy atom. The molecule has 1 aromatic carbocycles. The first kappa shape index (κ1) is 32.2. The normalized spacial score (nSPS) is 24.5. The predicted molar refractivity (Wildman–Crippen MR) is 164 cm³/mol. The quantitative estimate of drug-likeness (QED) is 0.247. The summed E-state index contributed by atoms with van der Waals surface area (Å²) in [6.45, 7) is 6.91. The van der Waals surface area contributed by atoms with Gasteiger partial charge in [-0.2, -0.15) is 28.4 Å². The molecule has 3 fully saturated rings. The Morgan fingerprint density at radius 3 is 2.61 bits per heavy atom. The molecule has 0 spiro atoms. The fourth-order valence-corrected chi connectivity index (χ4v) is 7.17. The van der Waals surface area contributed by atoms with E-state index in [0.717, 1.165) is 25.5 Å². The second-order valence-electron chi connectivity index (χ2n) is 12.3. The Bertz CT molecular complexity index is 1750. The Morgan fingerprint density at radius 2 is 1.98 bits per heavy atom. The number of halogens is 6. The molecule has 0 amide bonds. The van der Waals surface area contributed by atoms with Crippen LogP contribution in [0.5, 0.6) is 6.01 Å². The molecule has 5 heterocycles. The Hall–Kier alpha value is -3.80. The second kappa shape index (κ2) is 12.1. The molecule has 0 saturated carbocycles. The van der Waals surface area contributed by atoms with Gasteiger partial charge in [-0.1, -0.05) is 25.4 Å². The van der Waals surface area contributed by atoms with Gasteiger partial charge in [0.1, 0.15) is 29.7 Å². The van der Waals surface area contributed by atoms with Crippen molar-refractivity contribution in [3.05, 3.63) is 46.1 Å². The first-order valence-electron chi connectivity index (χ1n) is 15.0. The van der Waals surface area contributed by atoms with Crippen molar-refractivity contribution >= 4 is 34.0 Å². The van der Waals surface area contributed by atoms with E-state index in [1.165, 1.54) is 6.20 Å². The van der Waals surface area contributed by atoms with Gasteiger partial charge in [0.15, 0.2) is 5.82 Å². The van der Waals surface area contributed by atoms with E-state index < -0.39 is 44.8 Å². The van der Waals surface area contributed by atoms with Gasteiger partial charge in [-0.25, -0.2) is 8.78 Å². The van der Waals surface area contributed by atoms with Crippen LogP contribution in [-0.2, 0) is 6.18 Å². The maximum atomic E-state index is 16.6. The van der Waals surface area contributed by atoms with Gasteiger partial charge in [-0.05, 0) is 37.4 Å². The number of piperidine rings is 1. The number of pyridine rings is 1. The number of nitrogen functional groups attached to an aromatic ring is 1. The van der Waals surface area contributed by atoms with Gasteiger partial charge in [0, 0.05) is 55.4 Å². The number of ether oxygens (including phenoxy) is 1. The van der Waals surface area contributed by atoms with E-state index in [9.17, 15) is 22.8 Å². The number of piperazine rings is 1. The summed E-state index contributed by atoms with van der Waals surface area (Å²) in [5.74, 6) is -0.915. The maximum absolute atomic E-state index is 16.6. The molecule has 3 aromatic rings. The van der Waals surface area contributed by atoms with Crippen LogP contribution in [0.4, 0.5) is 33.5 Å². The third kappa shape index (κ3) is 5.69. The number of aromatic nitrogens is 3. The second-order valence-corrected chi connectivity index (χ2v) is 12.7. The highest BCUT2D eigenvalue weighted by Crippen LogP contribution is 2.46. The largest absolute Gasteiger partial charge is 0.462 e. The van der Waals surface area contributed by atoms with E-state index in [1.807, 2.05) is 18.7 Å². The first-order valence-corrected chi connectivity index (χ1v) is 15.4. The van der Waals surface area contributed by atoms with Crippen molar-refractivity contribution in [2.75, 3.05) is 50.0 Å². The lowest BCUT2D eigenvalue weighted by molar-refractivity contribution is -0.137. The molecule has 244 valence electrons. The molecule has 0 unspecified atom stereocenters. The highest BCUT2D eigenvalue weighted by molar-refractivity contribution is 6.32. The van der Waals surface area contributed by atoms with Crippen molar-refractivity contribution < 1.29 is 26.7 Å². The van der Waals surface area contributed by atoms with Crippen molar-refractivity contribution in [3.8, 4) is 23.3 Å². The van der Waals surface area contributed by atoms with Crippen LogP contribution in [0.15, 0.2) is 24.2 Å². The van der Waals surface area contributed by atoms with Crippen LogP contribution in [0.25, 0.3) is 22.2 Å². The summed E-state index contributed by atoms with van der Waals surface area (Å²) in [6.07, 6.45) is -0.875. The van der Waals surface area contributed by atoms with Crippen LogP contribution < -0.4 is 20.7 Å². The van der Waals surface area contributed by atoms with Gasteiger partial charge < -0.3 is 25.6 Å². The minimum atomic E-state index is -5.07. The van der Waals surface area contributed by atoms with Gasteiger partial charge in [-0.15, -0.1) is 0 Å². The smallest absolute Gasteiger partial charge is 0.418 e. The highest BCUT2D eigenvalue weighted by atomic mass is 35.5. The van der Waals surface area contributed by atoms with E-state index >= 15 is 4.39 Å². The Labute approximate surface area is 267 Å². The molecule has 9 nitrogen and oxygen atoms in total. The molecule has 3 saturated heterocycles. The summed E-state index contributed by atoms with van der Waals surface area (Å²) >= 11 is 5.97. The van der Waals surface area contributed by atoms with Crippen LogP contribution in [0.2, 0.25) is 5.02 Å². The van der Waals surface area contributed by atoms with E-state index in [4.69, 9.17) is 22.1 Å². The number of benzene rings is 1. The molecule has 3 N–H and O–H groups in total. The number of likely N-dealkylation sites (tertiary alicyclic amines) is 1. The third-order valence-corrected chi connectivity index (χ3v) is 9.54. The summed E-state index contributed by atoms with van der Waals surface area (Å²) in [4.78, 5) is 17.2. The lowest BCUT2D eigenvalue weighted by Crippen LogP contribution is -2.51. The average molecular weight is 663 g/mol.